The van der Waals surface area contributed by atoms with Crippen LogP contribution in [0, 0.1) is 6.92 Å². The van der Waals surface area contributed by atoms with Gasteiger partial charge in [-0.15, -0.1) is 0 Å². The van der Waals surface area contributed by atoms with Crippen molar-refractivity contribution >= 4 is 17.8 Å². The number of hydrogen-bond acceptors (Lipinski definition) is 5. The molecule has 0 radical (unpaired) electrons. The molecule has 0 saturated carbocycles. The van der Waals surface area contributed by atoms with Gasteiger partial charge in [-0.2, -0.15) is 0 Å². The summed E-state index contributed by atoms with van der Waals surface area (Å²) in [7, 11) is 2.31. The van der Waals surface area contributed by atoms with Gasteiger partial charge in [0.05, 0.1) is 14.2 Å². The van der Waals surface area contributed by atoms with Gasteiger partial charge in [0.15, 0.2) is 0 Å². The van der Waals surface area contributed by atoms with Gasteiger partial charge >= 0.3 is 17.8 Å². The number of amides is 1. The topological polar surface area (TPSA) is 81.7 Å². The average Bonchev–Trinajstić information content (AvgIpc) is 2.46. The van der Waals surface area contributed by atoms with E-state index in [0.717, 1.165) is 18.2 Å². The lowest BCUT2D eigenvalue weighted by molar-refractivity contribution is -0.154. The zero-order valence-electron chi connectivity index (χ0n) is 11.6. The molecule has 0 fully saturated rings. The van der Waals surface area contributed by atoms with Crippen LogP contribution in [0.2, 0.25) is 0 Å². The number of esters is 2. The van der Waals surface area contributed by atoms with E-state index in [2.05, 4.69) is 14.8 Å². The maximum Gasteiger partial charge on any atom is 0.396 e. The first-order valence-corrected chi connectivity index (χ1v) is 6.00. The predicted octanol–water partition coefficient (Wildman–Crippen LogP) is 0.368. The molecule has 6 nitrogen and oxygen atoms in total. The second-order valence-corrected chi connectivity index (χ2v) is 4.23. The molecule has 1 amide bonds. The highest BCUT2D eigenvalue weighted by atomic mass is 16.5. The summed E-state index contributed by atoms with van der Waals surface area (Å²) >= 11 is 0. The summed E-state index contributed by atoms with van der Waals surface area (Å²) in [5, 5.41) is 2.29. The fourth-order valence-corrected chi connectivity index (χ4v) is 1.61. The quantitative estimate of drug-likeness (QED) is 0.636. The Morgan fingerprint density at radius 2 is 1.70 bits per heavy atom. The van der Waals surface area contributed by atoms with E-state index in [1.165, 1.54) is 7.11 Å². The number of aryl methyl sites for hydroxylation is 1. The van der Waals surface area contributed by atoms with Crippen molar-refractivity contribution in [1.82, 2.24) is 5.32 Å². The van der Waals surface area contributed by atoms with Crippen LogP contribution >= 0.6 is 0 Å². The van der Waals surface area contributed by atoms with Crippen molar-refractivity contribution in [3.05, 3.63) is 35.4 Å². The van der Waals surface area contributed by atoms with Crippen molar-refractivity contribution in [2.45, 2.75) is 19.4 Å². The van der Waals surface area contributed by atoms with Gasteiger partial charge in [-0.1, -0.05) is 29.8 Å². The van der Waals surface area contributed by atoms with E-state index < -0.39 is 23.9 Å². The van der Waals surface area contributed by atoms with Crippen LogP contribution < -0.4 is 5.32 Å². The minimum Gasteiger partial charge on any atom is -0.467 e. The van der Waals surface area contributed by atoms with Crippen LogP contribution in [0.5, 0.6) is 0 Å². The number of hydrogen-bond donors (Lipinski definition) is 1. The van der Waals surface area contributed by atoms with Crippen molar-refractivity contribution in [1.29, 1.82) is 0 Å². The van der Waals surface area contributed by atoms with Crippen LogP contribution in [0.3, 0.4) is 0 Å². The Hall–Kier alpha value is -2.37. The molecule has 1 aromatic rings. The summed E-state index contributed by atoms with van der Waals surface area (Å²) in [6, 6.07) is 6.54. The normalized spacial score (nSPS) is 11.3. The molecule has 1 rings (SSSR count). The third-order valence-electron chi connectivity index (χ3n) is 2.72. The zero-order chi connectivity index (χ0) is 15.1. The average molecular weight is 279 g/mol. The molecular formula is C14H17NO5. The lowest BCUT2D eigenvalue weighted by atomic mass is 10.0. The smallest absolute Gasteiger partial charge is 0.396 e. The highest BCUT2D eigenvalue weighted by Crippen LogP contribution is 2.07. The Kier molecular flexibility index (Phi) is 5.71. The summed E-state index contributed by atoms with van der Waals surface area (Å²) in [5.41, 5.74) is 1.93. The van der Waals surface area contributed by atoms with Crippen LogP contribution in [0.25, 0.3) is 0 Å². The maximum atomic E-state index is 11.6. The van der Waals surface area contributed by atoms with Crippen molar-refractivity contribution in [2.75, 3.05) is 14.2 Å². The Bertz CT molecular complexity index is 495. The number of methoxy groups -OCH3 is 2. The Morgan fingerprint density at radius 3 is 2.20 bits per heavy atom. The SMILES string of the molecule is COC(=O)C(=O)NC(Cc1ccc(C)cc1)C(=O)OC. The minimum atomic E-state index is -1.05. The molecule has 0 saturated heterocycles. The molecule has 1 aromatic carbocycles. The summed E-state index contributed by atoms with van der Waals surface area (Å²) < 4.78 is 8.91. The maximum absolute atomic E-state index is 11.6. The van der Waals surface area contributed by atoms with E-state index in [9.17, 15) is 14.4 Å². The summed E-state index contributed by atoms with van der Waals surface area (Å²) in [5.74, 6) is -2.65. The molecule has 0 spiro atoms. The first-order valence-electron chi connectivity index (χ1n) is 6.00. The molecule has 1 unspecified atom stereocenters. The van der Waals surface area contributed by atoms with E-state index in [4.69, 9.17) is 0 Å². The van der Waals surface area contributed by atoms with Gasteiger partial charge in [0.25, 0.3) is 0 Å². The lowest BCUT2D eigenvalue weighted by Crippen LogP contribution is -2.46. The number of rotatable bonds is 4. The molecule has 0 aliphatic heterocycles. The fraction of sp³-hybridized carbons (Fsp3) is 0.357. The Labute approximate surface area is 117 Å². The molecular weight excluding hydrogens is 262 g/mol. The van der Waals surface area contributed by atoms with Gasteiger partial charge in [0.1, 0.15) is 6.04 Å². The highest BCUT2D eigenvalue weighted by molar-refractivity contribution is 6.32. The minimum absolute atomic E-state index is 0.232. The molecule has 1 N–H and O–H groups in total. The number of benzene rings is 1. The van der Waals surface area contributed by atoms with Gasteiger partial charge in [-0.25, -0.2) is 9.59 Å². The van der Waals surface area contributed by atoms with E-state index in [-0.39, 0.29) is 6.42 Å². The number of nitrogens with one attached hydrogen (secondary N) is 1. The second-order valence-electron chi connectivity index (χ2n) is 4.23. The Morgan fingerprint density at radius 1 is 1.10 bits per heavy atom. The lowest BCUT2D eigenvalue weighted by Gasteiger charge is -2.15. The summed E-state index contributed by atoms with van der Waals surface area (Å²) in [6.45, 7) is 1.95. The molecule has 1 atom stereocenters. The van der Waals surface area contributed by atoms with Crippen molar-refractivity contribution in [2.24, 2.45) is 0 Å². The number of ether oxygens (including phenoxy) is 2. The molecule has 0 bridgehead atoms. The van der Waals surface area contributed by atoms with Crippen molar-refractivity contribution < 1.29 is 23.9 Å². The number of carbonyl (C=O) groups excluding carboxylic acids is 3. The molecule has 6 heteroatoms. The number of carbonyl (C=O) groups is 3. The molecule has 20 heavy (non-hydrogen) atoms. The van der Waals surface area contributed by atoms with Crippen LogP contribution in [0.1, 0.15) is 11.1 Å². The van der Waals surface area contributed by atoms with Crippen LogP contribution in [0.4, 0.5) is 0 Å². The summed E-state index contributed by atoms with van der Waals surface area (Å²) in [6.07, 6.45) is 0.232. The molecule has 0 aliphatic carbocycles. The van der Waals surface area contributed by atoms with E-state index >= 15 is 0 Å². The molecule has 0 aliphatic rings. The third kappa shape index (κ3) is 4.38. The fourth-order valence-electron chi connectivity index (χ4n) is 1.61. The third-order valence-corrected chi connectivity index (χ3v) is 2.72. The first kappa shape index (κ1) is 15.7. The summed E-state index contributed by atoms with van der Waals surface area (Å²) in [4.78, 5) is 34.2. The first-order chi connectivity index (χ1) is 9.47. The monoisotopic (exact) mass is 279 g/mol. The van der Waals surface area contributed by atoms with E-state index in [0.29, 0.717) is 0 Å². The van der Waals surface area contributed by atoms with E-state index in [1.807, 2.05) is 31.2 Å². The van der Waals surface area contributed by atoms with Gasteiger partial charge in [0.2, 0.25) is 0 Å². The second kappa shape index (κ2) is 7.28. The van der Waals surface area contributed by atoms with Gasteiger partial charge in [-0.3, -0.25) is 4.79 Å². The standard InChI is InChI=1S/C14H17NO5/c1-9-4-6-10(7-5-9)8-11(13(17)19-2)15-12(16)14(18)20-3/h4-7,11H,8H2,1-3H3,(H,15,16). The van der Waals surface area contributed by atoms with Crippen LogP contribution in [-0.2, 0) is 30.3 Å². The van der Waals surface area contributed by atoms with Gasteiger partial charge in [-0.05, 0) is 12.5 Å². The zero-order valence-corrected chi connectivity index (χ0v) is 11.6. The molecule has 0 heterocycles. The van der Waals surface area contributed by atoms with Gasteiger partial charge in [0, 0.05) is 6.42 Å². The molecule has 108 valence electrons. The highest BCUT2D eigenvalue weighted by Gasteiger charge is 2.25. The predicted molar refractivity (Wildman–Crippen MR) is 70.8 cm³/mol. The largest absolute Gasteiger partial charge is 0.467 e. The van der Waals surface area contributed by atoms with Crippen LogP contribution in [-0.4, -0.2) is 38.1 Å². The van der Waals surface area contributed by atoms with Crippen molar-refractivity contribution in [3.8, 4) is 0 Å². The van der Waals surface area contributed by atoms with E-state index in [1.54, 1.807) is 0 Å². The van der Waals surface area contributed by atoms with Crippen LogP contribution in [0.15, 0.2) is 24.3 Å². The van der Waals surface area contributed by atoms with Gasteiger partial charge < -0.3 is 14.8 Å². The molecule has 0 aromatic heterocycles. The van der Waals surface area contributed by atoms with Crippen molar-refractivity contribution in [3.63, 3.8) is 0 Å². The Balaban J connectivity index is 2.79.